The van der Waals surface area contributed by atoms with Gasteiger partial charge in [-0.25, -0.2) is 0 Å². The molecule has 0 aliphatic heterocycles. The van der Waals surface area contributed by atoms with Crippen molar-refractivity contribution >= 4 is 11.6 Å². The molecule has 0 heterocycles. The molecule has 1 atom stereocenters. The topological polar surface area (TPSA) is 26.0 Å². The summed E-state index contributed by atoms with van der Waals surface area (Å²) >= 11 is 5.90. The fourth-order valence-electron chi connectivity index (χ4n) is 1.90. The van der Waals surface area contributed by atoms with E-state index in [1.165, 1.54) is 17.5 Å². The molecule has 1 nitrogen and oxygen atoms in total. The maximum absolute atomic E-state index is 5.90. The highest BCUT2D eigenvalue weighted by Gasteiger charge is 2.20. The zero-order chi connectivity index (χ0) is 8.55. The molecule has 1 aromatic carbocycles. The fourth-order valence-corrected chi connectivity index (χ4v) is 2.08. The van der Waals surface area contributed by atoms with Crippen molar-refractivity contribution < 1.29 is 0 Å². The van der Waals surface area contributed by atoms with Crippen LogP contribution in [0.15, 0.2) is 18.2 Å². The van der Waals surface area contributed by atoms with E-state index < -0.39 is 0 Å². The van der Waals surface area contributed by atoms with Gasteiger partial charge >= 0.3 is 0 Å². The van der Waals surface area contributed by atoms with E-state index in [4.69, 9.17) is 17.3 Å². The Morgan fingerprint density at radius 2 is 2.33 bits per heavy atom. The summed E-state index contributed by atoms with van der Waals surface area (Å²) in [5, 5.41) is 0.828. The van der Waals surface area contributed by atoms with Gasteiger partial charge in [0.15, 0.2) is 0 Å². The maximum Gasteiger partial charge on any atom is 0.0409 e. The third-order valence-electron chi connectivity index (χ3n) is 2.59. The van der Waals surface area contributed by atoms with Gasteiger partial charge in [-0.05, 0) is 48.6 Å². The number of halogens is 1. The van der Waals surface area contributed by atoms with Crippen molar-refractivity contribution in [2.75, 3.05) is 6.54 Å². The van der Waals surface area contributed by atoms with Gasteiger partial charge in [0, 0.05) is 5.02 Å². The molecule has 0 saturated carbocycles. The normalized spacial score (nSPS) is 21.0. The molecule has 2 rings (SSSR count). The van der Waals surface area contributed by atoms with Crippen molar-refractivity contribution in [1.29, 1.82) is 0 Å². The Labute approximate surface area is 77.5 Å². The quantitative estimate of drug-likeness (QED) is 0.707. The number of benzene rings is 1. The van der Waals surface area contributed by atoms with Gasteiger partial charge in [-0.3, -0.25) is 0 Å². The summed E-state index contributed by atoms with van der Waals surface area (Å²) in [6, 6.07) is 6.13. The third kappa shape index (κ3) is 1.23. The molecule has 0 saturated heterocycles. The van der Waals surface area contributed by atoms with E-state index in [0.717, 1.165) is 18.0 Å². The molecule has 1 aliphatic rings. The number of hydrogen-bond acceptors (Lipinski definition) is 1. The summed E-state index contributed by atoms with van der Waals surface area (Å²) in [6.07, 6.45) is 2.35. The highest BCUT2D eigenvalue weighted by Crippen LogP contribution is 2.33. The summed E-state index contributed by atoms with van der Waals surface area (Å²) in [7, 11) is 0. The first-order chi connectivity index (χ1) is 5.81. The zero-order valence-corrected chi connectivity index (χ0v) is 7.64. The molecular formula is C10H12ClN. The number of fused-ring (bicyclic) bond motifs is 1. The number of aryl methyl sites for hydroxylation is 1. The van der Waals surface area contributed by atoms with Gasteiger partial charge in [-0.2, -0.15) is 0 Å². The van der Waals surface area contributed by atoms with E-state index in [1.54, 1.807) is 0 Å². The fraction of sp³-hybridized carbons (Fsp3) is 0.400. The molecule has 64 valence electrons. The Bertz CT molecular complexity index is 296. The summed E-state index contributed by atoms with van der Waals surface area (Å²) in [5.74, 6) is 0.540. The summed E-state index contributed by atoms with van der Waals surface area (Å²) in [5.41, 5.74) is 8.45. The van der Waals surface area contributed by atoms with Crippen LogP contribution in [-0.4, -0.2) is 6.54 Å². The van der Waals surface area contributed by atoms with Crippen molar-refractivity contribution in [2.24, 2.45) is 5.73 Å². The van der Waals surface area contributed by atoms with Crippen molar-refractivity contribution in [3.05, 3.63) is 34.3 Å². The Hall–Kier alpha value is -0.530. The summed E-state index contributed by atoms with van der Waals surface area (Å²) < 4.78 is 0. The van der Waals surface area contributed by atoms with Crippen molar-refractivity contribution in [3.63, 3.8) is 0 Å². The molecule has 0 unspecified atom stereocenters. The maximum atomic E-state index is 5.90. The average molecular weight is 182 g/mol. The van der Waals surface area contributed by atoms with Crippen LogP contribution in [0, 0.1) is 0 Å². The van der Waals surface area contributed by atoms with Crippen LogP contribution in [0.3, 0.4) is 0 Å². The van der Waals surface area contributed by atoms with E-state index in [0.29, 0.717) is 5.92 Å². The van der Waals surface area contributed by atoms with Crippen molar-refractivity contribution in [3.8, 4) is 0 Å². The predicted molar refractivity (Wildman–Crippen MR) is 51.6 cm³/mol. The lowest BCUT2D eigenvalue weighted by Gasteiger charge is -2.07. The van der Waals surface area contributed by atoms with Gasteiger partial charge < -0.3 is 5.73 Å². The van der Waals surface area contributed by atoms with Gasteiger partial charge in [0.2, 0.25) is 0 Å². The Balaban J connectivity index is 2.42. The van der Waals surface area contributed by atoms with Gasteiger partial charge in [-0.1, -0.05) is 17.7 Å². The van der Waals surface area contributed by atoms with Crippen LogP contribution in [0.4, 0.5) is 0 Å². The second kappa shape index (κ2) is 3.08. The standard InChI is InChI=1S/C10H12ClN/c11-9-4-3-7-1-2-8(6-12)10(7)5-9/h3-5,8H,1-2,6,12H2/t8-/m1/s1. The largest absolute Gasteiger partial charge is 0.330 e. The Morgan fingerprint density at radius 1 is 1.50 bits per heavy atom. The molecule has 1 aromatic rings. The molecule has 0 spiro atoms. The highest BCUT2D eigenvalue weighted by atomic mass is 35.5. The van der Waals surface area contributed by atoms with Crippen LogP contribution in [0.2, 0.25) is 5.02 Å². The minimum absolute atomic E-state index is 0.540. The molecule has 0 bridgehead atoms. The first-order valence-electron chi connectivity index (χ1n) is 4.29. The van der Waals surface area contributed by atoms with Crippen LogP contribution in [0.1, 0.15) is 23.5 Å². The molecule has 12 heavy (non-hydrogen) atoms. The van der Waals surface area contributed by atoms with Crippen molar-refractivity contribution in [1.82, 2.24) is 0 Å². The zero-order valence-electron chi connectivity index (χ0n) is 6.89. The Morgan fingerprint density at radius 3 is 3.08 bits per heavy atom. The second-order valence-electron chi connectivity index (χ2n) is 3.31. The lowest BCUT2D eigenvalue weighted by atomic mass is 10.0. The van der Waals surface area contributed by atoms with E-state index in [1.807, 2.05) is 6.07 Å². The minimum atomic E-state index is 0.540. The molecular weight excluding hydrogens is 170 g/mol. The van der Waals surface area contributed by atoms with Crippen LogP contribution in [0.25, 0.3) is 0 Å². The highest BCUT2D eigenvalue weighted by molar-refractivity contribution is 6.30. The molecule has 0 radical (unpaired) electrons. The lowest BCUT2D eigenvalue weighted by Crippen LogP contribution is -2.09. The molecule has 0 amide bonds. The second-order valence-corrected chi connectivity index (χ2v) is 3.75. The first kappa shape index (κ1) is 8.09. The minimum Gasteiger partial charge on any atom is -0.330 e. The first-order valence-corrected chi connectivity index (χ1v) is 4.67. The third-order valence-corrected chi connectivity index (χ3v) is 2.83. The van der Waals surface area contributed by atoms with Crippen LogP contribution in [0.5, 0.6) is 0 Å². The van der Waals surface area contributed by atoms with E-state index in [-0.39, 0.29) is 0 Å². The SMILES string of the molecule is NC[C@H]1CCc2ccc(Cl)cc21. The predicted octanol–water partition coefficient (Wildman–Crippen LogP) is 2.33. The number of rotatable bonds is 1. The van der Waals surface area contributed by atoms with Crippen LogP contribution >= 0.6 is 11.6 Å². The summed E-state index contributed by atoms with van der Waals surface area (Å²) in [6.45, 7) is 0.743. The summed E-state index contributed by atoms with van der Waals surface area (Å²) in [4.78, 5) is 0. The molecule has 2 heteroatoms. The van der Waals surface area contributed by atoms with Gasteiger partial charge in [0.1, 0.15) is 0 Å². The Kier molecular flexibility index (Phi) is 2.07. The van der Waals surface area contributed by atoms with Gasteiger partial charge in [-0.15, -0.1) is 0 Å². The van der Waals surface area contributed by atoms with Crippen molar-refractivity contribution in [2.45, 2.75) is 18.8 Å². The van der Waals surface area contributed by atoms with Gasteiger partial charge in [0.25, 0.3) is 0 Å². The smallest absolute Gasteiger partial charge is 0.0409 e. The monoisotopic (exact) mass is 181 g/mol. The van der Waals surface area contributed by atoms with Gasteiger partial charge in [0.05, 0.1) is 0 Å². The van der Waals surface area contributed by atoms with Crippen LogP contribution in [-0.2, 0) is 6.42 Å². The lowest BCUT2D eigenvalue weighted by molar-refractivity contribution is 0.688. The molecule has 1 aliphatic carbocycles. The van der Waals surface area contributed by atoms with E-state index >= 15 is 0 Å². The number of nitrogens with two attached hydrogens (primary N) is 1. The number of hydrogen-bond donors (Lipinski definition) is 1. The molecule has 0 fully saturated rings. The van der Waals surface area contributed by atoms with Crippen LogP contribution < -0.4 is 5.73 Å². The van der Waals surface area contributed by atoms with E-state index in [2.05, 4.69) is 12.1 Å². The molecule has 2 N–H and O–H groups in total. The average Bonchev–Trinajstić information content (AvgIpc) is 2.46. The van der Waals surface area contributed by atoms with E-state index in [9.17, 15) is 0 Å². The molecule has 0 aromatic heterocycles.